The van der Waals surface area contributed by atoms with Crippen LogP contribution in [0.2, 0.25) is 0 Å². The predicted octanol–water partition coefficient (Wildman–Crippen LogP) is 4.04. The summed E-state index contributed by atoms with van der Waals surface area (Å²) in [5, 5.41) is 14.3. The number of phenolic OH excluding ortho intramolecular Hbond substituents is 1. The zero-order valence-corrected chi connectivity index (χ0v) is 20.4. The van der Waals surface area contributed by atoms with Crippen molar-refractivity contribution in [3.8, 4) is 5.75 Å². The molecule has 2 heterocycles. The molecular formula is C24H25N3O6S2. The number of carbonyl (C=O) groups is 2. The van der Waals surface area contributed by atoms with Crippen LogP contribution in [0.5, 0.6) is 5.75 Å². The van der Waals surface area contributed by atoms with Crippen LogP contribution in [0.1, 0.15) is 29.6 Å². The number of rotatable bonds is 8. The Morgan fingerprint density at radius 1 is 1.00 bits per heavy atom. The van der Waals surface area contributed by atoms with Crippen molar-refractivity contribution in [2.75, 3.05) is 34.6 Å². The Morgan fingerprint density at radius 2 is 1.71 bits per heavy atom. The number of hydrogen-bond donors (Lipinski definition) is 3. The third-order valence-electron chi connectivity index (χ3n) is 5.44. The maximum absolute atomic E-state index is 12.4. The fourth-order valence-corrected chi connectivity index (χ4v) is 5.74. The zero-order valence-electron chi connectivity index (χ0n) is 18.8. The number of sulfonamides is 1. The summed E-state index contributed by atoms with van der Waals surface area (Å²) in [4.78, 5) is 27.0. The van der Waals surface area contributed by atoms with Crippen molar-refractivity contribution < 1.29 is 27.9 Å². The maximum atomic E-state index is 12.4. The minimum Gasteiger partial charge on any atom is -0.507 e. The lowest BCUT2D eigenvalue weighted by Crippen LogP contribution is -2.29. The van der Waals surface area contributed by atoms with E-state index in [-0.39, 0.29) is 15.5 Å². The van der Waals surface area contributed by atoms with Crippen molar-refractivity contribution >= 4 is 50.3 Å². The van der Waals surface area contributed by atoms with Gasteiger partial charge in [-0.15, -0.1) is 11.3 Å². The van der Waals surface area contributed by atoms with Gasteiger partial charge in [-0.05, 0) is 73.2 Å². The first-order valence-corrected chi connectivity index (χ1v) is 13.4. The number of nitrogens with one attached hydrogen (secondary N) is 2. The van der Waals surface area contributed by atoms with E-state index in [9.17, 15) is 23.1 Å². The topological polar surface area (TPSA) is 125 Å². The summed E-state index contributed by atoms with van der Waals surface area (Å²) in [5.74, 6) is -1.91. The summed E-state index contributed by atoms with van der Waals surface area (Å²) in [6, 6.07) is 14.2. The Hall–Kier alpha value is -3.57. The molecule has 2 aromatic carbocycles. The highest BCUT2D eigenvalue weighted by Crippen LogP contribution is 2.26. The summed E-state index contributed by atoms with van der Waals surface area (Å²) in [7, 11) is -3.83. The standard InChI is InChI=1S/C24H25N3O6S2/c28-21-11-8-18(26-35(31,32)23-5-4-14-34-23)15-20(21)24(30)33-16-22(29)25-17-6-9-19(10-7-17)27-12-2-1-3-13-27/h4-11,14-15,26,28H,1-3,12-13,16H2,(H,25,29). The largest absolute Gasteiger partial charge is 0.507 e. The van der Waals surface area contributed by atoms with Crippen LogP contribution in [0.3, 0.4) is 0 Å². The second kappa shape index (κ2) is 10.8. The summed E-state index contributed by atoms with van der Waals surface area (Å²) in [6.45, 7) is 1.47. The minimum absolute atomic E-state index is 0.0707. The molecular weight excluding hydrogens is 490 g/mol. The van der Waals surface area contributed by atoms with Gasteiger partial charge in [-0.25, -0.2) is 13.2 Å². The van der Waals surface area contributed by atoms with E-state index in [1.807, 2.05) is 12.1 Å². The highest BCUT2D eigenvalue weighted by molar-refractivity contribution is 7.94. The van der Waals surface area contributed by atoms with Crippen LogP contribution in [-0.2, 0) is 19.6 Å². The molecule has 4 rings (SSSR count). The molecule has 1 aromatic heterocycles. The fraction of sp³-hybridized carbons (Fsp3) is 0.250. The average Bonchev–Trinajstić information content (AvgIpc) is 3.41. The lowest BCUT2D eigenvalue weighted by atomic mass is 10.1. The van der Waals surface area contributed by atoms with E-state index < -0.39 is 34.3 Å². The Morgan fingerprint density at radius 3 is 2.40 bits per heavy atom. The molecule has 0 saturated carbocycles. The quantitative estimate of drug-likeness (QED) is 0.305. The van der Waals surface area contributed by atoms with E-state index in [4.69, 9.17) is 4.74 Å². The number of anilines is 3. The molecule has 0 unspecified atom stereocenters. The number of benzene rings is 2. The number of aromatic hydroxyl groups is 1. The van der Waals surface area contributed by atoms with Crippen molar-refractivity contribution in [1.82, 2.24) is 0 Å². The molecule has 3 aromatic rings. The van der Waals surface area contributed by atoms with E-state index >= 15 is 0 Å². The molecule has 0 spiro atoms. The fourth-order valence-electron chi connectivity index (χ4n) is 3.70. The molecule has 1 saturated heterocycles. The number of phenols is 1. The molecule has 35 heavy (non-hydrogen) atoms. The van der Waals surface area contributed by atoms with Gasteiger partial charge < -0.3 is 20.1 Å². The van der Waals surface area contributed by atoms with E-state index in [0.717, 1.165) is 36.2 Å². The number of ether oxygens (including phenoxy) is 1. The molecule has 1 fully saturated rings. The Labute approximate surface area is 207 Å². The molecule has 0 atom stereocenters. The maximum Gasteiger partial charge on any atom is 0.342 e. The van der Waals surface area contributed by atoms with Gasteiger partial charge in [0.25, 0.3) is 15.9 Å². The molecule has 0 radical (unpaired) electrons. The van der Waals surface area contributed by atoms with Gasteiger partial charge in [0.15, 0.2) is 6.61 Å². The summed E-state index contributed by atoms with van der Waals surface area (Å²) >= 11 is 1.04. The second-order valence-corrected chi connectivity index (χ2v) is 10.8. The Kier molecular flexibility index (Phi) is 7.57. The normalized spacial score (nSPS) is 13.8. The van der Waals surface area contributed by atoms with Crippen molar-refractivity contribution in [1.29, 1.82) is 0 Å². The molecule has 11 heteroatoms. The van der Waals surface area contributed by atoms with Crippen LogP contribution >= 0.6 is 11.3 Å². The van der Waals surface area contributed by atoms with Gasteiger partial charge in [0.1, 0.15) is 15.5 Å². The Bertz CT molecular complexity index is 1290. The molecule has 1 amide bonds. The van der Waals surface area contributed by atoms with Crippen LogP contribution in [-0.4, -0.2) is 45.1 Å². The molecule has 3 N–H and O–H groups in total. The van der Waals surface area contributed by atoms with Gasteiger partial charge in [0.05, 0.1) is 0 Å². The van der Waals surface area contributed by atoms with Gasteiger partial charge in [-0.1, -0.05) is 6.07 Å². The lowest BCUT2D eigenvalue weighted by molar-refractivity contribution is -0.119. The second-order valence-electron chi connectivity index (χ2n) is 7.99. The molecule has 1 aliphatic heterocycles. The van der Waals surface area contributed by atoms with Crippen molar-refractivity contribution in [2.45, 2.75) is 23.5 Å². The molecule has 0 bridgehead atoms. The summed E-state index contributed by atoms with van der Waals surface area (Å²) in [6.07, 6.45) is 3.59. The van der Waals surface area contributed by atoms with E-state index in [2.05, 4.69) is 14.9 Å². The number of esters is 1. The highest BCUT2D eigenvalue weighted by atomic mass is 32.2. The van der Waals surface area contributed by atoms with Gasteiger partial charge in [-0.3, -0.25) is 9.52 Å². The number of hydrogen-bond acceptors (Lipinski definition) is 8. The van der Waals surface area contributed by atoms with Gasteiger partial charge in [0.2, 0.25) is 0 Å². The van der Waals surface area contributed by atoms with Crippen molar-refractivity contribution in [2.24, 2.45) is 0 Å². The number of thiophene rings is 1. The van der Waals surface area contributed by atoms with Crippen LogP contribution in [0, 0.1) is 0 Å². The third kappa shape index (κ3) is 6.31. The zero-order chi connectivity index (χ0) is 24.8. The monoisotopic (exact) mass is 515 g/mol. The minimum atomic E-state index is -3.83. The average molecular weight is 516 g/mol. The molecule has 184 valence electrons. The molecule has 9 nitrogen and oxygen atoms in total. The van der Waals surface area contributed by atoms with E-state index in [1.54, 1.807) is 23.6 Å². The number of amides is 1. The number of nitrogens with zero attached hydrogens (tertiary/aromatic N) is 1. The van der Waals surface area contributed by atoms with Crippen LogP contribution in [0.25, 0.3) is 0 Å². The van der Waals surface area contributed by atoms with Crippen LogP contribution in [0.15, 0.2) is 64.2 Å². The summed E-state index contributed by atoms with van der Waals surface area (Å²) < 4.78 is 32.3. The third-order valence-corrected chi connectivity index (χ3v) is 8.21. The highest BCUT2D eigenvalue weighted by Gasteiger charge is 2.19. The van der Waals surface area contributed by atoms with E-state index in [1.165, 1.54) is 37.5 Å². The van der Waals surface area contributed by atoms with Gasteiger partial charge in [-0.2, -0.15) is 0 Å². The van der Waals surface area contributed by atoms with Crippen molar-refractivity contribution in [3.05, 3.63) is 65.5 Å². The predicted molar refractivity (Wildman–Crippen MR) is 135 cm³/mol. The smallest absolute Gasteiger partial charge is 0.342 e. The lowest BCUT2D eigenvalue weighted by Gasteiger charge is -2.28. The molecule has 0 aliphatic carbocycles. The van der Waals surface area contributed by atoms with Gasteiger partial charge in [0, 0.05) is 30.2 Å². The van der Waals surface area contributed by atoms with Crippen LogP contribution < -0.4 is 14.9 Å². The Balaban J connectivity index is 1.33. The number of piperidine rings is 1. The molecule has 1 aliphatic rings. The SMILES string of the molecule is O=C(COC(=O)c1cc(NS(=O)(=O)c2cccs2)ccc1O)Nc1ccc(N2CCCCC2)cc1. The van der Waals surface area contributed by atoms with E-state index in [0.29, 0.717) is 5.69 Å². The summed E-state index contributed by atoms with van der Waals surface area (Å²) in [5.41, 5.74) is 1.47. The number of carbonyl (C=O) groups excluding carboxylic acids is 2. The first kappa shape index (κ1) is 24.6. The van der Waals surface area contributed by atoms with Crippen molar-refractivity contribution in [3.63, 3.8) is 0 Å². The first-order valence-electron chi connectivity index (χ1n) is 11.0. The van der Waals surface area contributed by atoms with Crippen LogP contribution in [0.4, 0.5) is 17.1 Å². The first-order chi connectivity index (χ1) is 16.8. The van der Waals surface area contributed by atoms with Gasteiger partial charge >= 0.3 is 5.97 Å².